The third-order valence-electron chi connectivity index (χ3n) is 5.54. The van der Waals surface area contributed by atoms with Crippen molar-refractivity contribution < 1.29 is 14.1 Å². The van der Waals surface area contributed by atoms with E-state index in [1.165, 1.54) is 5.56 Å². The summed E-state index contributed by atoms with van der Waals surface area (Å²) in [5.41, 5.74) is 1.31. The number of carbonyl (C=O) groups excluding carboxylic acids is 2. The fourth-order valence-corrected chi connectivity index (χ4v) is 4.05. The van der Waals surface area contributed by atoms with Crippen LogP contribution in [0, 0.1) is 12.8 Å². The third-order valence-corrected chi connectivity index (χ3v) is 5.54. The summed E-state index contributed by atoms with van der Waals surface area (Å²) in [5.74, 6) is 1.48. The first-order valence-electron chi connectivity index (χ1n) is 10.6. The molecule has 29 heavy (non-hydrogen) atoms. The standard InChI is InChI=1S/C23H31N3O3/c1-16(2)15-18-7-9-19(10-8-18)20(27)11-12-21(28)25-23(13-5-4-6-14-23)22-24-17(3)29-26-22/h7-10,16H,4-6,11-15H2,1-3H3,(H,25,28). The van der Waals surface area contributed by atoms with E-state index < -0.39 is 5.54 Å². The molecule has 1 fully saturated rings. The molecule has 2 aromatic rings. The largest absolute Gasteiger partial charge is 0.343 e. The number of rotatable bonds is 8. The highest BCUT2D eigenvalue weighted by atomic mass is 16.5. The summed E-state index contributed by atoms with van der Waals surface area (Å²) in [6.45, 7) is 6.10. The third kappa shape index (κ3) is 5.52. The maximum atomic E-state index is 12.7. The number of ketones is 1. The minimum absolute atomic E-state index is 0.00986. The lowest BCUT2D eigenvalue weighted by atomic mass is 9.80. The zero-order chi connectivity index (χ0) is 20.9. The summed E-state index contributed by atoms with van der Waals surface area (Å²) < 4.78 is 5.15. The summed E-state index contributed by atoms with van der Waals surface area (Å²) >= 11 is 0. The molecule has 1 saturated carbocycles. The minimum atomic E-state index is -0.575. The van der Waals surface area contributed by atoms with Crippen molar-refractivity contribution in [2.75, 3.05) is 0 Å². The number of aromatic nitrogens is 2. The Labute approximate surface area is 172 Å². The van der Waals surface area contributed by atoms with Gasteiger partial charge in [0, 0.05) is 25.3 Å². The Morgan fingerprint density at radius 3 is 2.38 bits per heavy atom. The summed E-state index contributed by atoms with van der Waals surface area (Å²) in [7, 11) is 0. The van der Waals surface area contributed by atoms with Crippen LogP contribution in [0.1, 0.15) is 86.4 Å². The topological polar surface area (TPSA) is 85.1 Å². The molecule has 0 atom stereocenters. The molecule has 1 aromatic heterocycles. The molecule has 1 aliphatic carbocycles. The van der Waals surface area contributed by atoms with E-state index in [-0.39, 0.29) is 24.5 Å². The van der Waals surface area contributed by atoms with E-state index in [0.717, 1.165) is 38.5 Å². The van der Waals surface area contributed by atoms with Crippen molar-refractivity contribution in [3.63, 3.8) is 0 Å². The van der Waals surface area contributed by atoms with Crippen molar-refractivity contribution in [3.05, 3.63) is 47.1 Å². The highest BCUT2D eigenvalue weighted by Crippen LogP contribution is 2.35. The van der Waals surface area contributed by atoms with Crippen molar-refractivity contribution >= 4 is 11.7 Å². The highest BCUT2D eigenvalue weighted by Gasteiger charge is 2.39. The van der Waals surface area contributed by atoms with E-state index in [0.29, 0.717) is 23.2 Å². The van der Waals surface area contributed by atoms with Gasteiger partial charge in [0.25, 0.3) is 0 Å². The molecule has 6 heteroatoms. The zero-order valence-corrected chi connectivity index (χ0v) is 17.7. The van der Waals surface area contributed by atoms with Crippen LogP contribution in [0.25, 0.3) is 0 Å². The quantitative estimate of drug-likeness (QED) is 0.662. The number of hydrogen-bond acceptors (Lipinski definition) is 5. The van der Waals surface area contributed by atoms with Gasteiger partial charge in [-0.2, -0.15) is 4.98 Å². The van der Waals surface area contributed by atoms with Gasteiger partial charge < -0.3 is 9.84 Å². The number of amides is 1. The van der Waals surface area contributed by atoms with Crippen LogP contribution < -0.4 is 5.32 Å². The van der Waals surface area contributed by atoms with Crippen molar-refractivity contribution in [3.8, 4) is 0 Å². The van der Waals surface area contributed by atoms with Crippen LogP contribution in [0.4, 0.5) is 0 Å². The summed E-state index contributed by atoms with van der Waals surface area (Å²) in [5, 5.41) is 7.19. The van der Waals surface area contributed by atoms with Gasteiger partial charge in [0.2, 0.25) is 11.8 Å². The highest BCUT2D eigenvalue weighted by molar-refractivity contribution is 5.98. The summed E-state index contributed by atoms with van der Waals surface area (Å²) in [6.07, 6.45) is 6.09. The Kier molecular flexibility index (Phi) is 6.83. The number of nitrogens with zero attached hydrogens (tertiary/aromatic N) is 2. The average Bonchev–Trinajstić information content (AvgIpc) is 3.14. The van der Waals surface area contributed by atoms with E-state index in [2.05, 4.69) is 29.3 Å². The fraction of sp³-hybridized carbons (Fsp3) is 0.565. The van der Waals surface area contributed by atoms with Crippen LogP contribution in [-0.2, 0) is 16.8 Å². The smallest absolute Gasteiger partial charge is 0.223 e. The van der Waals surface area contributed by atoms with Gasteiger partial charge in [-0.25, -0.2) is 0 Å². The van der Waals surface area contributed by atoms with Gasteiger partial charge in [-0.1, -0.05) is 62.5 Å². The predicted molar refractivity (Wildman–Crippen MR) is 110 cm³/mol. The SMILES string of the molecule is Cc1nc(C2(NC(=O)CCC(=O)c3ccc(CC(C)C)cc3)CCCCC2)no1. The lowest BCUT2D eigenvalue weighted by molar-refractivity contribution is -0.123. The Morgan fingerprint density at radius 1 is 1.10 bits per heavy atom. The van der Waals surface area contributed by atoms with Crippen LogP contribution in [0.3, 0.4) is 0 Å². The second kappa shape index (κ2) is 9.33. The number of carbonyl (C=O) groups is 2. The second-order valence-corrected chi connectivity index (χ2v) is 8.55. The molecule has 156 valence electrons. The van der Waals surface area contributed by atoms with Crippen LogP contribution in [0.2, 0.25) is 0 Å². The molecule has 0 bridgehead atoms. The van der Waals surface area contributed by atoms with Gasteiger partial charge in [-0.3, -0.25) is 9.59 Å². The molecule has 1 heterocycles. The summed E-state index contributed by atoms with van der Waals surface area (Å²) in [6, 6.07) is 7.73. The van der Waals surface area contributed by atoms with Gasteiger partial charge in [-0.15, -0.1) is 0 Å². The fourth-order valence-electron chi connectivity index (χ4n) is 4.05. The molecule has 0 unspecified atom stereocenters. The molecule has 0 aliphatic heterocycles. The van der Waals surface area contributed by atoms with Crippen LogP contribution in [0.5, 0.6) is 0 Å². The molecule has 1 N–H and O–H groups in total. The predicted octanol–water partition coefficient (Wildman–Crippen LogP) is 4.52. The maximum Gasteiger partial charge on any atom is 0.223 e. The molecule has 3 rings (SSSR count). The molecule has 1 aromatic carbocycles. The Bertz CT molecular complexity index is 833. The number of hydrogen-bond donors (Lipinski definition) is 1. The van der Waals surface area contributed by atoms with Gasteiger partial charge in [-0.05, 0) is 30.7 Å². The van der Waals surface area contributed by atoms with E-state index in [1.807, 2.05) is 24.3 Å². The van der Waals surface area contributed by atoms with Crippen molar-refractivity contribution in [2.24, 2.45) is 5.92 Å². The Morgan fingerprint density at radius 2 is 1.79 bits per heavy atom. The molecule has 0 radical (unpaired) electrons. The van der Waals surface area contributed by atoms with Crippen LogP contribution >= 0.6 is 0 Å². The lowest BCUT2D eigenvalue weighted by Crippen LogP contribution is -2.48. The van der Waals surface area contributed by atoms with E-state index in [4.69, 9.17) is 4.52 Å². The average molecular weight is 398 g/mol. The lowest BCUT2D eigenvalue weighted by Gasteiger charge is -2.35. The number of nitrogens with one attached hydrogen (secondary N) is 1. The van der Waals surface area contributed by atoms with Gasteiger partial charge >= 0.3 is 0 Å². The first kappa shape index (κ1) is 21.2. The molecule has 0 spiro atoms. The number of benzene rings is 1. The monoisotopic (exact) mass is 397 g/mol. The Hall–Kier alpha value is -2.50. The molecule has 1 amide bonds. The van der Waals surface area contributed by atoms with Crippen molar-refractivity contribution in [1.29, 1.82) is 0 Å². The van der Waals surface area contributed by atoms with Crippen LogP contribution in [0.15, 0.2) is 28.8 Å². The van der Waals surface area contributed by atoms with E-state index in [9.17, 15) is 9.59 Å². The Balaban J connectivity index is 1.58. The molecule has 1 aliphatic rings. The number of Topliss-reactive ketones (excluding diaryl/α,β-unsaturated/α-hetero) is 1. The molecule has 6 nitrogen and oxygen atoms in total. The first-order valence-corrected chi connectivity index (χ1v) is 10.6. The van der Waals surface area contributed by atoms with Gasteiger partial charge in [0.05, 0.1) is 0 Å². The minimum Gasteiger partial charge on any atom is -0.343 e. The zero-order valence-electron chi connectivity index (χ0n) is 17.7. The normalized spacial score (nSPS) is 16.0. The van der Waals surface area contributed by atoms with E-state index in [1.54, 1.807) is 6.92 Å². The van der Waals surface area contributed by atoms with Gasteiger partial charge in [0.15, 0.2) is 11.6 Å². The van der Waals surface area contributed by atoms with Crippen LogP contribution in [-0.4, -0.2) is 21.8 Å². The molecular formula is C23H31N3O3. The van der Waals surface area contributed by atoms with Crippen molar-refractivity contribution in [2.45, 2.75) is 77.7 Å². The van der Waals surface area contributed by atoms with Crippen molar-refractivity contribution in [1.82, 2.24) is 15.5 Å². The van der Waals surface area contributed by atoms with Gasteiger partial charge in [0.1, 0.15) is 5.54 Å². The second-order valence-electron chi connectivity index (χ2n) is 8.55. The van der Waals surface area contributed by atoms with E-state index >= 15 is 0 Å². The number of aryl methyl sites for hydroxylation is 1. The summed E-state index contributed by atoms with van der Waals surface area (Å²) in [4.78, 5) is 29.5. The molecular weight excluding hydrogens is 366 g/mol. The first-order chi connectivity index (χ1) is 13.9. The molecule has 0 saturated heterocycles. The maximum absolute atomic E-state index is 12.7.